The molecule has 0 aliphatic heterocycles. The summed E-state index contributed by atoms with van der Waals surface area (Å²) in [4.78, 5) is 0. The van der Waals surface area contributed by atoms with E-state index in [2.05, 4.69) is 15.9 Å². The minimum absolute atomic E-state index is 0.162. The molecule has 5 heteroatoms. The van der Waals surface area contributed by atoms with Gasteiger partial charge in [-0.05, 0) is 42.8 Å². The molecule has 3 nitrogen and oxygen atoms in total. The molecule has 0 aliphatic carbocycles. The molecule has 0 heterocycles. The molecule has 0 saturated heterocycles. The van der Waals surface area contributed by atoms with Crippen molar-refractivity contribution in [2.75, 3.05) is 7.11 Å². The van der Waals surface area contributed by atoms with Gasteiger partial charge in [0, 0.05) is 10.5 Å². The van der Waals surface area contributed by atoms with Crippen LogP contribution in [0.1, 0.15) is 18.6 Å². The minimum Gasteiger partial charge on any atom is -0.497 e. The largest absolute Gasteiger partial charge is 0.497 e. The summed E-state index contributed by atoms with van der Waals surface area (Å²) in [6, 6.07) is 11.7. The molecular weight excluding hydrogens is 337 g/mol. The van der Waals surface area contributed by atoms with Crippen LogP contribution in [0, 0.1) is 5.82 Å². The van der Waals surface area contributed by atoms with Crippen LogP contribution in [0.15, 0.2) is 46.9 Å². The molecule has 2 rings (SSSR count). The monoisotopic (exact) mass is 353 g/mol. The Hall–Kier alpha value is -1.59. The zero-order valence-electron chi connectivity index (χ0n) is 11.8. The van der Waals surface area contributed by atoms with E-state index >= 15 is 0 Å². The lowest BCUT2D eigenvalue weighted by Gasteiger charge is -2.23. The van der Waals surface area contributed by atoms with Gasteiger partial charge < -0.3 is 15.2 Å². The van der Waals surface area contributed by atoms with E-state index in [4.69, 9.17) is 15.2 Å². The van der Waals surface area contributed by atoms with E-state index in [0.29, 0.717) is 5.75 Å². The molecule has 0 bridgehead atoms. The summed E-state index contributed by atoms with van der Waals surface area (Å²) >= 11 is 3.30. The highest BCUT2D eigenvalue weighted by Crippen LogP contribution is 2.30. The van der Waals surface area contributed by atoms with Crippen LogP contribution in [0.25, 0.3) is 0 Å². The van der Waals surface area contributed by atoms with Crippen molar-refractivity contribution in [2.24, 2.45) is 5.73 Å². The second-order valence-electron chi connectivity index (χ2n) is 4.75. The van der Waals surface area contributed by atoms with Gasteiger partial charge in [-0.25, -0.2) is 4.39 Å². The Kier molecular flexibility index (Phi) is 5.20. The molecular formula is C16H17BrFNO2. The highest BCUT2D eigenvalue weighted by molar-refractivity contribution is 9.10. The second-order valence-corrected chi connectivity index (χ2v) is 5.66. The predicted octanol–water partition coefficient (Wildman–Crippen LogP) is 4.06. The maximum atomic E-state index is 13.8. The number of ether oxygens (including phenoxy) is 2. The third kappa shape index (κ3) is 3.95. The molecule has 2 aromatic carbocycles. The number of hydrogen-bond acceptors (Lipinski definition) is 3. The van der Waals surface area contributed by atoms with Gasteiger partial charge in [0.25, 0.3) is 0 Å². The van der Waals surface area contributed by atoms with Crippen molar-refractivity contribution in [3.63, 3.8) is 0 Å². The molecule has 0 aliphatic rings. The summed E-state index contributed by atoms with van der Waals surface area (Å²) in [5.41, 5.74) is 6.83. The van der Waals surface area contributed by atoms with E-state index in [9.17, 15) is 4.39 Å². The second kappa shape index (κ2) is 6.91. The first-order valence-corrected chi connectivity index (χ1v) is 7.32. The number of methoxy groups -OCH3 is 1. The number of nitrogens with two attached hydrogens (primary N) is 1. The third-order valence-corrected chi connectivity index (χ3v) is 3.54. The van der Waals surface area contributed by atoms with Crippen molar-refractivity contribution in [3.8, 4) is 11.5 Å². The number of halogens is 2. The van der Waals surface area contributed by atoms with Crippen LogP contribution in [-0.4, -0.2) is 13.2 Å². The molecule has 2 atom stereocenters. The summed E-state index contributed by atoms with van der Waals surface area (Å²) in [6.45, 7) is 1.82. The van der Waals surface area contributed by atoms with Crippen LogP contribution >= 0.6 is 15.9 Å². The van der Waals surface area contributed by atoms with E-state index in [0.717, 1.165) is 10.0 Å². The Balaban J connectivity index is 2.33. The molecule has 0 saturated carbocycles. The van der Waals surface area contributed by atoms with Gasteiger partial charge in [-0.1, -0.05) is 28.1 Å². The van der Waals surface area contributed by atoms with Crippen molar-refractivity contribution in [2.45, 2.75) is 19.1 Å². The van der Waals surface area contributed by atoms with Gasteiger partial charge in [-0.3, -0.25) is 0 Å². The number of benzene rings is 2. The Morgan fingerprint density at radius 2 is 1.95 bits per heavy atom. The van der Waals surface area contributed by atoms with Gasteiger partial charge in [0.05, 0.1) is 7.11 Å². The first-order valence-electron chi connectivity index (χ1n) is 6.52. The van der Waals surface area contributed by atoms with E-state index in [1.54, 1.807) is 19.2 Å². The normalized spacial score (nSPS) is 13.6. The summed E-state index contributed by atoms with van der Waals surface area (Å²) in [6.07, 6.45) is -0.469. The minimum atomic E-state index is -0.469. The maximum absolute atomic E-state index is 13.8. The summed E-state index contributed by atoms with van der Waals surface area (Å²) in [7, 11) is 1.59. The van der Waals surface area contributed by atoms with Crippen molar-refractivity contribution in [3.05, 3.63) is 58.3 Å². The van der Waals surface area contributed by atoms with Crippen LogP contribution < -0.4 is 15.2 Å². The van der Waals surface area contributed by atoms with Gasteiger partial charge in [0.2, 0.25) is 0 Å². The molecule has 0 radical (unpaired) electrons. The average molecular weight is 354 g/mol. The van der Waals surface area contributed by atoms with Crippen molar-refractivity contribution in [1.82, 2.24) is 0 Å². The molecule has 21 heavy (non-hydrogen) atoms. The Labute approximate surface area is 132 Å². The van der Waals surface area contributed by atoms with Gasteiger partial charge in [0.1, 0.15) is 11.9 Å². The fourth-order valence-electron chi connectivity index (χ4n) is 2.00. The van der Waals surface area contributed by atoms with Crippen molar-refractivity contribution < 1.29 is 13.9 Å². The van der Waals surface area contributed by atoms with E-state index < -0.39 is 11.9 Å². The highest BCUT2D eigenvalue weighted by Gasteiger charge is 2.20. The SMILES string of the molecule is COc1cccc(C(Oc2cc(Br)ccc2F)C(C)N)c1. The first-order chi connectivity index (χ1) is 10.0. The van der Waals surface area contributed by atoms with E-state index in [-0.39, 0.29) is 11.8 Å². The Morgan fingerprint density at radius 1 is 1.19 bits per heavy atom. The van der Waals surface area contributed by atoms with Gasteiger partial charge in [-0.2, -0.15) is 0 Å². The number of hydrogen-bond donors (Lipinski definition) is 1. The topological polar surface area (TPSA) is 44.5 Å². The first kappa shape index (κ1) is 15.8. The van der Waals surface area contributed by atoms with Gasteiger partial charge in [-0.15, -0.1) is 0 Å². The lowest BCUT2D eigenvalue weighted by atomic mass is 10.0. The molecule has 0 amide bonds. The van der Waals surface area contributed by atoms with Crippen LogP contribution in [-0.2, 0) is 0 Å². The van der Waals surface area contributed by atoms with Crippen molar-refractivity contribution in [1.29, 1.82) is 0 Å². The molecule has 0 spiro atoms. The zero-order chi connectivity index (χ0) is 15.4. The highest BCUT2D eigenvalue weighted by atomic mass is 79.9. The maximum Gasteiger partial charge on any atom is 0.165 e. The standard InChI is InChI=1S/C16H17BrFNO2/c1-10(19)16(11-4-3-5-13(8-11)20-2)21-15-9-12(17)6-7-14(15)18/h3-10,16H,19H2,1-2H3. The Bertz CT molecular complexity index is 619. The fraction of sp³-hybridized carbons (Fsp3) is 0.250. The lowest BCUT2D eigenvalue weighted by Crippen LogP contribution is -2.29. The summed E-state index contributed by atoms with van der Waals surface area (Å²) in [5.74, 6) is 0.442. The molecule has 0 aromatic heterocycles. The smallest absolute Gasteiger partial charge is 0.165 e. The van der Waals surface area contributed by atoms with Gasteiger partial charge >= 0.3 is 0 Å². The molecule has 112 valence electrons. The Morgan fingerprint density at radius 3 is 2.62 bits per heavy atom. The van der Waals surface area contributed by atoms with E-state index in [1.807, 2.05) is 31.2 Å². The quantitative estimate of drug-likeness (QED) is 0.881. The fourth-order valence-corrected chi connectivity index (χ4v) is 2.34. The summed E-state index contributed by atoms with van der Waals surface area (Å²) in [5, 5.41) is 0. The number of rotatable bonds is 5. The van der Waals surface area contributed by atoms with Crippen LogP contribution in [0.4, 0.5) is 4.39 Å². The average Bonchev–Trinajstić information content (AvgIpc) is 2.47. The van der Waals surface area contributed by atoms with Crippen LogP contribution in [0.2, 0.25) is 0 Å². The summed E-state index contributed by atoms with van der Waals surface area (Å²) < 4.78 is 25.6. The van der Waals surface area contributed by atoms with Crippen molar-refractivity contribution >= 4 is 15.9 Å². The molecule has 0 fully saturated rings. The van der Waals surface area contributed by atoms with Gasteiger partial charge in [0.15, 0.2) is 11.6 Å². The van der Waals surface area contributed by atoms with Crippen LogP contribution in [0.5, 0.6) is 11.5 Å². The van der Waals surface area contributed by atoms with Crippen LogP contribution in [0.3, 0.4) is 0 Å². The zero-order valence-corrected chi connectivity index (χ0v) is 13.4. The van der Waals surface area contributed by atoms with E-state index in [1.165, 1.54) is 6.07 Å². The lowest BCUT2D eigenvalue weighted by molar-refractivity contribution is 0.172. The third-order valence-electron chi connectivity index (χ3n) is 3.05. The molecule has 2 N–H and O–H groups in total. The molecule has 2 aromatic rings. The molecule has 2 unspecified atom stereocenters. The predicted molar refractivity (Wildman–Crippen MR) is 84.1 cm³/mol.